The number of hydrogen-bond acceptors (Lipinski definition) is 5. The van der Waals surface area contributed by atoms with Crippen LogP contribution in [0.15, 0.2) is 102 Å². The summed E-state index contributed by atoms with van der Waals surface area (Å²) in [6, 6.07) is 31.9. The van der Waals surface area contributed by atoms with Gasteiger partial charge < -0.3 is 9.84 Å². The maximum absolute atomic E-state index is 8.96. The second-order valence-electron chi connectivity index (χ2n) is 7.14. The fourth-order valence-electron chi connectivity index (χ4n) is 3.68. The molecule has 0 bridgehead atoms. The molecule has 0 spiro atoms. The van der Waals surface area contributed by atoms with Gasteiger partial charge in [-0.3, -0.25) is 0 Å². The van der Waals surface area contributed by atoms with Crippen molar-refractivity contribution >= 4 is 29.2 Å². The van der Waals surface area contributed by atoms with Gasteiger partial charge in [-0.25, -0.2) is 4.98 Å². The van der Waals surface area contributed by atoms with Crippen LogP contribution in [0.3, 0.4) is 0 Å². The highest BCUT2D eigenvalue weighted by Gasteiger charge is 2.36. The SMILES string of the molecule is OCCOCc1ncsc1C=CSC(c1ccccc1)(c1ccccc1)c1ccccc1. The zero-order valence-corrected chi connectivity index (χ0v) is 19.3. The highest BCUT2D eigenvalue weighted by Crippen LogP contribution is 2.49. The zero-order chi connectivity index (χ0) is 22.1. The predicted molar refractivity (Wildman–Crippen MR) is 135 cm³/mol. The van der Waals surface area contributed by atoms with Gasteiger partial charge in [0.1, 0.15) is 0 Å². The number of aromatic nitrogens is 1. The number of aliphatic hydroxyl groups excluding tert-OH is 1. The molecule has 0 unspecified atom stereocenters. The Morgan fingerprint density at radius 2 is 1.38 bits per heavy atom. The Bertz CT molecular complexity index is 1020. The third-order valence-corrected chi connectivity index (χ3v) is 7.32. The van der Waals surface area contributed by atoms with Crippen LogP contribution in [0.25, 0.3) is 6.08 Å². The van der Waals surface area contributed by atoms with E-state index in [0.717, 1.165) is 10.6 Å². The van der Waals surface area contributed by atoms with Gasteiger partial charge in [0.15, 0.2) is 0 Å². The van der Waals surface area contributed by atoms with E-state index in [4.69, 9.17) is 9.84 Å². The Labute approximate surface area is 197 Å². The molecule has 0 radical (unpaired) electrons. The lowest BCUT2D eigenvalue weighted by molar-refractivity contribution is 0.0799. The number of hydrogen-bond donors (Lipinski definition) is 1. The van der Waals surface area contributed by atoms with E-state index < -0.39 is 4.75 Å². The van der Waals surface area contributed by atoms with E-state index in [9.17, 15) is 0 Å². The van der Waals surface area contributed by atoms with Crippen LogP contribution in [0.1, 0.15) is 27.3 Å². The standard InChI is InChI=1S/C27H25NO2S2/c29-17-18-30-20-25-26(31-21-28-25)16-19-32-27(22-10-4-1-5-11-22,23-12-6-2-7-13-23)24-14-8-3-9-15-24/h1-16,19,21,29H,17-18,20H2. The summed E-state index contributed by atoms with van der Waals surface area (Å²) in [5.74, 6) is 0. The first-order valence-electron chi connectivity index (χ1n) is 10.5. The van der Waals surface area contributed by atoms with Crippen molar-refractivity contribution in [3.8, 4) is 0 Å². The van der Waals surface area contributed by atoms with Crippen molar-refractivity contribution in [1.29, 1.82) is 0 Å². The molecule has 1 aromatic heterocycles. The lowest BCUT2D eigenvalue weighted by Crippen LogP contribution is -2.24. The van der Waals surface area contributed by atoms with Gasteiger partial charge in [-0.2, -0.15) is 0 Å². The first-order valence-corrected chi connectivity index (χ1v) is 12.2. The Kier molecular flexibility index (Phi) is 7.91. The lowest BCUT2D eigenvalue weighted by Gasteiger charge is -2.34. The molecule has 5 heteroatoms. The first-order chi connectivity index (χ1) is 15.8. The highest BCUT2D eigenvalue weighted by molar-refractivity contribution is 8.03. The Balaban J connectivity index is 1.74. The van der Waals surface area contributed by atoms with Crippen LogP contribution in [0, 0.1) is 0 Å². The molecule has 0 fully saturated rings. The van der Waals surface area contributed by atoms with Crippen LogP contribution < -0.4 is 0 Å². The average Bonchev–Trinajstić information content (AvgIpc) is 3.31. The number of ether oxygens (including phenoxy) is 1. The fraction of sp³-hybridized carbons (Fsp3) is 0.148. The number of aliphatic hydroxyl groups is 1. The molecule has 0 saturated carbocycles. The minimum absolute atomic E-state index is 0.0128. The summed E-state index contributed by atoms with van der Waals surface area (Å²) in [7, 11) is 0. The van der Waals surface area contributed by atoms with Crippen molar-refractivity contribution in [3.05, 3.63) is 129 Å². The van der Waals surface area contributed by atoms with Crippen LogP contribution in [-0.2, 0) is 16.1 Å². The molecule has 0 aliphatic heterocycles. The van der Waals surface area contributed by atoms with Crippen LogP contribution in [0.5, 0.6) is 0 Å². The van der Waals surface area contributed by atoms with E-state index in [1.54, 1.807) is 23.1 Å². The molecule has 0 saturated heterocycles. The second kappa shape index (κ2) is 11.2. The van der Waals surface area contributed by atoms with Gasteiger partial charge in [-0.1, -0.05) is 91.0 Å². The van der Waals surface area contributed by atoms with E-state index in [0.29, 0.717) is 13.2 Å². The Hall–Kier alpha value is -2.70. The normalized spacial score (nSPS) is 11.8. The van der Waals surface area contributed by atoms with Gasteiger partial charge >= 0.3 is 0 Å². The van der Waals surface area contributed by atoms with Crippen molar-refractivity contribution in [3.63, 3.8) is 0 Å². The van der Waals surface area contributed by atoms with E-state index in [1.165, 1.54) is 16.7 Å². The summed E-state index contributed by atoms with van der Waals surface area (Å²) in [5, 5.41) is 11.1. The van der Waals surface area contributed by atoms with Crippen LogP contribution in [0.2, 0.25) is 0 Å². The molecule has 0 aliphatic rings. The molecular formula is C27H25NO2S2. The summed E-state index contributed by atoms with van der Waals surface area (Å²) in [6.45, 7) is 0.725. The topological polar surface area (TPSA) is 42.4 Å². The number of thiazole rings is 1. The quantitative estimate of drug-likeness (QED) is 0.222. The minimum atomic E-state index is -0.390. The molecular weight excluding hydrogens is 434 g/mol. The summed E-state index contributed by atoms with van der Waals surface area (Å²) in [6.07, 6.45) is 2.11. The third kappa shape index (κ3) is 5.03. The molecule has 3 nitrogen and oxygen atoms in total. The molecule has 4 rings (SSSR count). The van der Waals surface area contributed by atoms with Gasteiger partial charge in [0, 0.05) is 0 Å². The van der Waals surface area contributed by atoms with E-state index in [-0.39, 0.29) is 6.61 Å². The van der Waals surface area contributed by atoms with Gasteiger partial charge in [0.25, 0.3) is 0 Å². The predicted octanol–water partition coefficient (Wildman–Crippen LogP) is 6.35. The zero-order valence-electron chi connectivity index (χ0n) is 17.6. The van der Waals surface area contributed by atoms with Crippen molar-refractivity contribution in [2.24, 2.45) is 0 Å². The fourth-order valence-corrected chi connectivity index (χ4v) is 5.67. The van der Waals surface area contributed by atoms with Gasteiger partial charge in [-0.15, -0.1) is 23.1 Å². The van der Waals surface area contributed by atoms with E-state index >= 15 is 0 Å². The van der Waals surface area contributed by atoms with Crippen LogP contribution >= 0.6 is 23.1 Å². The molecule has 1 N–H and O–H groups in total. The molecule has 1 heterocycles. The van der Waals surface area contributed by atoms with Gasteiger partial charge in [0.2, 0.25) is 0 Å². The monoisotopic (exact) mass is 459 g/mol. The summed E-state index contributed by atoms with van der Waals surface area (Å²) < 4.78 is 5.09. The van der Waals surface area contributed by atoms with Crippen molar-refractivity contribution < 1.29 is 9.84 Å². The average molecular weight is 460 g/mol. The summed E-state index contributed by atoms with van der Waals surface area (Å²) >= 11 is 3.37. The Morgan fingerprint density at radius 1 is 0.844 bits per heavy atom. The van der Waals surface area contributed by atoms with Crippen LogP contribution in [-0.4, -0.2) is 23.3 Å². The largest absolute Gasteiger partial charge is 0.394 e. The number of benzene rings is 3. The van der Waals surface area contributed by atoms with Crippen molar-refractivity contribution in [2.75, 3.05) is 13.2 Å². The molecule has 162 valence electrons. The molecule has 4 aromatic rings. The van der Waals surface area contributed by atoms with E-state index in [1.807, 2.05) is 5.51 Å². The third-order valence-electron chi connectivity index (χ3n) is 5.15. The second-order valence-corrected chi connectivity index (χ2v) is 9.15. The molecule has 32 heavy (non-hydrogen) atoms. The number of thioether (sulfide) groups is 1. The summed E-state index contributed by atoms with van der Waals surface area (Å²) in [5.41, 5.74) is 6.40. The van der Waals surface area contributed by atoms with Crippen molar-refractivity contribution in [1.82, 2.24) is 4.98 Å². The van der Waals surface area contributed by atoms with Crippen molar-refractivity contribution in [2.45, 2.75) is 11.4 Å². The van der Waals surface area contributed by atoms with E-state index in [2.05, 4.69) is 107 Å². The molecule has 0 amide bonds. The van der Waals surface area contributed by atoms with Crippen LogP contribution in [0.4, 0.5) is 0 Å². The minimum Gasteiger partial charge on any atom is -0.394 e. The molecule has 0 atom stereocenters. The summed E-state index contributed by atoms with van der Waals surface area (Å²) in [4.78, 5) is 5.50. The lowest BCUT2D eigenvalue weighted by atomic mass is 9.84. The Morgan fingerprint density at radius 3 is 1.88 bits per heavy atom. The molecule has 0 aliphatic carbocycles. The highest BCUT2D eigenvalue weighted by atomic mass is 32.2. The maximum atomic E-state index is 8.96. The van der Waals surface area contributed by atoms with Gasteiger partial charge in [0.05, 0.1) is 40.6 Å². The first kappa shape index (κ1) is 22.5. The number of rotatable bonds is 10. The maximum Gasteiger partial charge on any atom is 0.0948 e. The molecule has 3 aromatic carbocycles. The van der Waals surface area contributed by atoms with Gasteiger partial charge in [-0.05, 0) is 28.2 Å². The number of nitrogens with zero attached hydrogens (tertiary/aromatic N) is 1. The smallest absolute Gasteiger partial charge is 0.0948 e.